The van der Waals surface area contributed by atoms with Gasteiger partial charge in [0.05, 0.1) is 5.56 Å². The van der Waals surface area contributed by atoms with Crippen LogP contribution >= 0.6 is 0 Å². The quantitative estimate of drug-likeness (QED) is 0.925. The van der Waals surface area contributed by atoms with E-state index in [0.29, 0.717) is 11.6 Å². The summed E-state index contributed by atoms with van der Waals surface area (Å²) in [7, 11) is 0. The number of carboxylic acids is 1. The molecule has 0 unspecified atom stereocenters. The van der Waals surface area contributed by atoms with Crippen molar-refractivity contribution in [3.8, 4) is 0 Å². The molecule has 2 fully saturated rings. The van der Waals surface area contributed by atoms with Crippen molar-refractivity contribution in [1.82, 2.24) is 4.98 Å². The maximum atomic E-state index is 11.3. The van der Waals surface area contributed by atoms with Crippen molar-refractivity contribution in [2.24, 2.45) is 5.92 Å². The summed E-state index contributed by atoms with van der Waals surface area (Å²) in [6, 6.07) is 4.03. The van der Waals surface area contributed by atoms with E-state index in [4.69, 9.17) is 4.98 Å². The predicted molar refractivity (Wildman–Crippen MR) is 82.9 cm³/mol. The molecule has 0 aromatic carbocycles. The lowest BCUT2D eigenvalue weighted by atomic mass is 9.78. The third kappa shape index (κ3) is 2.89. The van der Waals surface area contributed by atoms with Gasteiger partial charge in [-0.3, -0.25) is 0 Å². The van der Waals surface area contributed by atoms with Crippen LogP contribution in [0.4, 0.5) is 5.82 Å². The van der Waals surface area contributed by atoms with Crippen molar-refractivity contribution < 1.29 is 9.90 Å². The predicted octanol–water partition coefficient (Wildman–Crippen LogP) is 3.50. The van der Waals surface area contributed by atoms with Gasteiger partial charge in [-0.05, 0) is 50.2 Å². The molecule has 1 saturated carbocycles. The molecule has 2 aliphatic rings. The Kier molecular flexibility index (Phi) is 4.13. The number of aromatic nitrogens is 1. The molecule has 1 aliphatic heterocycles. The number of anilines is 1. The Morgan fingerprint density at radius 3 is 2.81 bits per heavy atom. The van der Waals surface area contributed by atoms with E-state index in [1.807, 2.05) is 6.92 Å². The minimum Gasteiger partial charge on any atom is -0.478 e. The molecule has 0 bridgehead atoms. The second-order valence-electron chi connectivity index (χ2n) is 6.31. The molecule has 0 amide bonds. The van der Waals surface area contributed by atoms with Crippen molar-refractivity contribution in [1.29, 1.82) is 0 Å². The highest BCUT2D eigenvalue weighted by molar-refractivity contribution is 5.88. The summed E-state index contributed by atoms with van der Waals surface area (Å²) in [5, 5.41) is 9.31. The first-order valence-electron chi connectivity index (χ1n) is 8.20. The van der Waals surface area contributed by atoms with Gasteiger partial charge in [-0.25, -0.2) is 9.78 Å². The van der Waals surface area contributed by atoms with E-state index >= 15 is 0 Å². The van der Waals surface area contributed by atoms with E-state index in [1.165, 1.54) is 38.5 Å². The standard InChI is InChI=1S/C17H24N2O2/c1-2-14-10-13(17(20)21)11-16(18-14)19-9-5-7-12-6-3-4-8-15(12)19/h10-12,15H,2-9H2,1H3,(H,20,21)/t12-,15-/m1/s1. The number of hydrogen-bond donors (Lipinski definition) is 1. The summed E-state index contributed by atoms with van der Waals surface area (Å²) in [6.07, 6.45) is 8.47. The number of rotatable bonds is 3. The molecule has 3 rings (SSSR count). The maximum absolute atomic E-state index is 11.3. The van der Waals surface area contributed by atoms with Gasteiger partial charge < -0.3 is 10.0 Å². The molecule has 0 spiro atoms. The summed E-state index contributed by atoms with van der Waals surface area (Å²) in [5.41, 5.74) is 1.25. The van der Waals surface area contributed by atoms with E-state index in [-0.39, 0.29) is 0 Å². The number of carbonyl (C=O) groups is 1. The van der Waals surface area contributed by atoms with E-state index in [9.17, 15) is 9.90 Å². The second kappa shape index (κ2) is 6.04. The van der Waals surface area contributed by atoms with Gasteiger partial charge in [0, 0.05) is 18.3 Å². The average molecular weight is 288 g/mol. The molecule has 0 radical (unpaired) electrons. The first-order chi connectivity index (χ1) is 10.2. The number of aromatic carboxylic acids is 1. The lowest BCUT2D eigenvalue weighted by Crippen LogP contribution is -2.47. The highest BCUT2D eigenvalue weighted by atomic mass is 16.4. The van der Waals surface area contributed by atoms with Crippen LogP contribution < -0.4 is 4.90 Å². The molecular weight excluding hydrogens is 264 g/mol. The van der Waals surface area contributed by atoms with E-state index in [0.717, 1.165) is 30.4 Å². The van der Waals surface area contributed by atoms with Crippen LogP contribution in [0.1, 0.15) is 61.5 Å². The number of pyridine rings is 1. The van der Waals surface area contributed by atoms with Crippen molar-refractivity contribution in [2.75, 3.05) is 11.4 Å². The normalized spacial score (nSPS) is 25.5. The Balaban J connectivity index is 1.94. The zero-order valence-electron chi connectivity index (χ0n) is 12.7. The topological polar surface area (TPSA) is 53.4 Å². The Morgan fingerprint density at radius 2 is 2.05 bits per heavy atom. The van der Waals surface area contributed by atoms with E-state index in [1.54, 1.807) is 12.1 Å². The fourth-order valence-corrected chi connectivity index (χ4v) is 3.93. The molecular formula is C17H24N2O2. The van der Waals surface area contributed by atoms with Gasteiger partial charge in [-0.2, -0.15) is 0 Å². The molecule has 4 nitrogen and oxygen atoms in total. The SMILES string of the molecule is CCc1cc(C(=O)O)cc(N2CCC[C@H]3CCCC[C@H]32)n1. The maximum Gasteiger partial charge on any atom is 0.335 e. The van der Waals surface area contributed by atoms with Crippen LogP contribution in [0.15, 0.2) is 12.1 Å². The van der Waals surface area contributed by atoms with Crippen molar-refractivity contribution in [2.45, 2.75) is 57.9 Å². The molecule has 1 N–H and O–H groups in total. The van der Waals surface area contributed by atoms with Gasteiger partial charge in [0.2, 0.25) is 0 Å². The second-order valence-corrected chi connectivity index (χ2v) is 6.31. The molecule has 114 valence electrons. The average Bonchev–Trinajstić information content (AvgIpc) is 2.53. The largest absolute Gasteiger partial charge is 0.478 e. The van der Waals surface area contributed by atoms with Gasteiger partial charge >= 0.3 is 5.97 Å². The summed E-state index contributed by atoms with van der Waals surface area (Å²) in [6.45, 7) is 3.04. The number of carboxylic acid groups (broad SMARTS) is 1. The monoisotopic (exact) mass is 288 g/mol. The van der Waals surface area contributed by atoms with Crippen molar-refractivity contribution >= 4 is 11.8 Å². The lowest BCUT2D eigenvalue weighted by molar-refractivity contribution is 0.0696. The summed E-state index contributed by atoms with van der Waals surface area (Å²) in [5.74, 6) is 0.793. The third-order valence-corrected chi connectivity index (χ3v) is 5.01. The number of aryl methyl sites for hydroxylation is 1. The molecule has 21 heavy (non-hydrogen) atoms. The Bertz CT molecular complexity index is 528. The fraction of sp³-hybridized carbons (Fsp3) is 0.647. The molecule has 1 saturated heterocycles. The zero-order valence-corrected chi connectivity index (χ0v) is 12.7. The molecule has 1 aliphatic carbocycles. The van der Waals surface area contributed by atoms with E-state index in [2.05, 4.69) is 4.90 Å². The highest BCUT2D eigenvalue weighted by Gasteiger charge is 2.34. The first kappa shape index (κ1) is 14.4. The summed E-state index contributed by atoms with van der Waals surface area (Å²) >= 11 is 0. The number of nitrogens with zero attached hydrogens (tertiary/aromatic N) is 2. The number of piperidine rings is 1. The molecule has 1 aromatic rings. The Labute approximate surface area is 126 Å². The van der Waals surface area contributed by atoms with Crippen LogP contribution in [0.2, 0.25) is 0 Å². The lowest BCUT2D eigenvalue weighted by Gasteiger charge is -2.45. The van der Waals surface area contributed by atoms with Crippen LogP contribution in [0, 0.1) is 5.92 Å². The minimum atomic E-state index is -0.856. The Hall–Kier alpha value is -1.58. The van der Waals surface area contributed by atoms with E-state index < -0.39 is 5.97 Å². The van der Waals surface area contributed by atoms with Gasteiger partial charge in [-0.1, -0.05) is 19.8 Å². The minimum absolute atomic E-state index is 0.370. The van der Waals surface area contributed by atoms with Crippen LogP contribution in [0.25, 0.3) is 0 Å². The molecule has 2 atom stereocenters. The smallest absolute Gasteiger partial charge is 0.335 e. The summed E-state index contributed by atoms with van der Waals surface area (Å²) < 4.78 is 0. The van der Waals surface area contributed by atoms with Crippen LogP contribution in [-0.4, -0.2) is 28.6 Å². The Morgan fingerprint density at radius 1 is 1.29 bits per heavy atom. The molecule has 4 heteroatoms. The zero-order chi connectivity index (χ0) is 14.8. The van der Waals surface area contributed by atoms with Gasteiger partial charge in [0.15, 0.2) is 0 Å². The van der Waals surface area contributed by atoms with Gasteiger partial charge in [0.1, 0.15) is 5.82 Å². The molecule has 1 aromatic heterocycles. The highest BCUT2D eigenvalue weighted by Crippen LogP contribution is 2.37. The summed E-state index contributed by atoms with van der Waals surface area (Å²) in [4.78, 5) is 18.4. The number of fused-ring (bicyclic) bond motifs is 1. The van der Waals surface area contributed by atoms with Crippen LogP contribution in [0.3, 0.4) is 0 Å². The van der Waals surface area contributed by atoms with Gasteiger partial charge in [0.25, 0.3) is 0 Å². The van der Waals surface area contributed by atoms with Crippen LogP contribution in [-0.2, 0) is 6.42 Å². The molecule has 2 heterocycles. The van der Waals surface area contributed by atoms with Crippen LogP contribution in [0.5, 0.6) is 0 Å². The first-order valence-corrected chi connectivity index (χ1v) is 8.20. The fourth-order valence-electron chi connectivity index (χ4n) is 3.93. The number of hydrogen-bond acceptors (Lipinski definition) is 3. The van der Waals surface area contributed by atoms with Crippen molar-refractivity contribution in [3.63, 3.8) is 0 Å². The van der Waals surface area contributed by atoms with Gasteiger partial charge in [-0.15, -0.1) is 0 Å². The third-order valence-electron chi connectivity index (χ3n) is 5.01. The van der Waals surface area contributed by atoms with Crippen molar-refractivity contribution in [3.05, 3.63) is 23.4 Å².